The van der Waals surface area contributed by atoms with Crippen LogP contribution in [0.3, 0.4) is 0 Å². The van der Waals surface area contributed by atoms with Crippen molar-refractivity contribution in [3.8, 4) is 11.5 Å². The highest BCUT2D eigenvalue weighted by molar-refractivity contribution is 6.52. The number of ketones is 1. The largest absolute Gasteiger partial charge is 0.507 e. The van der Waals surface area contributed by atoms with Gasteiger partial charge in [-0.05, 0) is 54.1 Å². The van der Waals surface area contributed by atoms with Crippen LogP contribution in [0.5, 0.6) is 11.5 Å². The van der Waals surface area contributed by atoms with Gasteiger partial charge in [-0.15, -0.1) is 0 Å². The smallest absolute Gasteiger partial charge is 0.300 e. The van der Waals surface area contributed by atoms with Crippen LogP contribution in [0.2, 0.25) is 10.0 Å². The molecule has 6 nitrogen and oxygen atoms in total. The maximum Gasteiger partial charge on any atom is 0.300 e. The Bertz CT molecular complexity index is 1320. The number of Topliss-reactive ketones (excluding diaryl/α,β-unsaturated/α-hetero) is 1. The third-order valence-corrected chi connectivity index (χ3v) is 6.01. The second-order valence-corrected chi connectivity index (χ2v) is 8.23. The predicted octanol–water partition coefficient (Wildman–Crippen LogP) is 5.78. The molecular formula is C25H18Cl2FNO5. The average Bonchev–Trinajstić information content (AvgIpc) is 3.10. The number of aliphatic hydroxyl groups excluding tert-OH is 1. The highest BCUT2D eigenvalue weighted by Crippen LogP contribution is 2.44. The van der Waals surface area contributed by atoms with E-state index in [4.69, 9.17) is 32.7 Å². The van der Waals surface area contributed by atoms with Crippen molar-refractivity contribution < 1.29 is 28.6 Å². The number of anilines is 1. The summed E-state index contributed by atoms with van der Waals surface area (Å²) in [7, 11) is 2.87. The van der Waals surface area contributed by atoms with Crippen molar-refractivity contribution in [2.45, 2.75) is 6.04 Å². The molecule has 0 bridgehead atoms. The second-order valence-electron chi connectivity index (χ2n) is 7.39. The summed E-state index contributed by atoms with van der Waals surface area (Å²) in [5, 5.41) is 11.5. The first-order chi connectivity index (χ1) is 16.3. The molecule has 0 saturated carbocycles. The highest BCUT2D eigenvalue weighted by atomic mass is 35.5. The number of benzene rings is 3. The topological polar surface area (TPSA) is 76.1 Å². The van der Waals surface area contributed by atoms with Gasteiger partial charge in [-0.2, -0.15) is 0 Å². The van der Waals surface area contributed by atoms with Gasteiger partial charge in [-0.25, -0.2) is 4.39 Å². The lowest BCUT2D eigenvalue weighted by Gasteiger charge is -2.26. The third kappa shape index (κ3) is 4.08. The molecule has 1 atom stereocenters. The number of hydrogen-bond donors (Lipinski definition) is 1. The molecule has 1 heterocycles. The Hall–Kier alpha value is -3.55. The quantitative estimate of drug-likeness (QED) is 0.272. The number of hydrogen-bond acceptors (Lipinski definition) is 5. The van der Waals surface area contributed by atoms with Crippen LogP contribution in [-0.2, 0) is 9.59 Å². The van der Waals surface area contributed by atoms with E-state index in [2.05, 4.69) is 0 Å². The molecule has 1 N–H and O–H groups in total. The van der Waals surface area contributed by atoms with Crippen LogP contribution in [0.4, 0.5) is 10.1 Å². The Labute approximate surface area is 204 Å². The lowest BCUT2D eigenvalue weighted by molar-refractivity contribution is -0.132. The van der Waals surface area contributed by atoms with Crippen LogP contribution in [0.1, 0.15) is 17.2 Å². The van der Waals surface area contributed by atoms with Crippen molar-refractivity contribution in [2.24, 2.45) is 0 Å². The van der Waals surface area contributed by atoms with Crippen molar-refractivity contribution in [3.63, 3.8) is 0 Å². The molecule has 1 aliphatic rings. The molecule has 1 fully saturated rings. The van der Waals surface area contributed by atoms with Crippen LogP contribution < -0.4 is 14.4 Å². The van der Waals surface area contributed by atoms with Crippen LogP contribution in [-0.4, -0.2) is 31.0 Å². The van der Waals surface area contributed by atoms with Gasteiger partial charge >= 0.3 is 0 Å². The molecule has 1 unspecified atom stereocenters. The first-order valence-electron chi connectivity index (χ1n) is 10.0. The Morgan fingerprint density at radius 3 is 2.29 bits per heavy atom. The van der Waals surface area contributed by atoms with Crippen LogP contribution in [0, 0.1) is 5.82 Å². The fourth-order valence-corrected chi connectivity index (χ4v) is 4.14. The molecule has 9 heteroatoms. The molecule has 0 spiro atoms. The van der Waals surface area contributed by atoms with E-state index >= 15 is 0 Å². The number of halogens is 3. The van der Waals surface area contributed by atoms with Crippen molar-refractivity contribution in [3.05, 3.63) is 93.2 Å². The highest BCUT2D eigenvalue weighted by Gasteiger charge is 2.47. The number of carbonyl (C=O) groups is 2. The number of carbonyl (C=O) groups excluding carboxylic acids is 2. The van der Waals surface area contributed by atoms with Crippen molar-refractivity contribution >= 4 is 46.3 Å². The van der Waals surface area contributed by atoms with Gasteiger partial charge < -0.3 is 14.6 Å². The molecule has 1 amide bonds. The SMILES string of the molecule is COc1ccc(OC)c(/C(O)=C2\C(=O)C(=O)N(c3ccc(F)c(Cl)c3)C2c2ccc(Cl)cc2)c1. The summed E-state index contributed by atoms with van der Waals surface area (Å²) in [5.74, 6) is -2.29. The van der Waals surface area contributed by atoms with E-state index in [1.807, 2.05) is 0 Å². The van der Waals surface area contributed by atoms with Crippen LogP contribution in [0.15, 0.2) is 66.2 Å². The molecule has 0 radical (unpaired) electrons. The van der Waals surface area contributed by atoms with Gasteiger partial charge in [0.2, 0.25) is 0 Å². The molecule has 0 aromatic heterocycles. The van der Waals surface area contributed by atoms with E-state index in [1.165, 1.54) is 32.4 Å². The van der Waals surface area contributed by atoms with E-state index < -0.39 is 29.3 Å². The molecule has 1 aliphatic heterocycles. The van der Waals surface area contributed by atoms with Gasteiger partial charge in [-0.1, -0.05) is 35.3 Å². The average molecular weight is 502 g/mol. The van der Waals surface area contributed by atoms with Crippen molar-refractivity contribution in [2.75, 3.05) is 19.1 Å². The summed E-state index contributed by atoms with van der Waals surface area (Å²) in [6.45, 7) is 0. The van der Waals surface area contributed by atoms with E-state index in [1.54, 1.807) is 36.4 Å². The van der Waals surface area contributed by atoms with Gasteiger partial charge in [-0.3, -0.25) is 14.5 Å². The van der Waals surface area contributed by atoms with Gasteiger partial charge in [0.1, 0.15) is 23.1 Å². The van der Waals surface area contributed by atoms with Gasteiger partial charge in [0.05, 0.1) is 36.4 Å². The second kappa shape index (κ2) is 9.37. The Balaban J connectivity index is 1.99. The monoisotopic (exact) mass is 501 g/mol. The summed E-state index contributed by atoms with van der Waals surface area (Å²) in [6.07, 6.45) is 0. The summed E-state index contributed by atoms with van der Waals surface area (Å²) in [5.41, 5.74) is 0.660. The molecule has 3 aromatic carbocycles. The van der Waals surface area contributed by atoms with Crippen LogP contribution in [0.25, 0.3) is 5.76 Å². The van der Waals surface area contributed by atoms with Crippen molar-refractivity contribution in [1.29, 1.82) is 0 Å². The number of ether oxygens (including phenoxy) is 2. The minimum atomic E-state index is -1.05. The Morgan fingerprint density at radius 2 is 1.68 bits per heavy atom. The zero-order chi connectivity index (χ0) is 24.6. The van der Waals surface area contributed by atoms with E-state index in [9.17, 15) is 19.1 Å². The molecular weight excluding hydrogens is 484 g/mol. The van der Waals surface area contributed by atoms with Gasteiger partial charge in [0.15, 0.2) is 0 Å². The molecule has 0 aliphatic carbocycles. The lowest BCUT2D eigenvalue weighted by Crippen LogP contribution is -2.29. The first kappa shape index (κ1) is 23.6. The summed E-state index contributed by atoms with van der Waals surface area (Å²) in [6, 6.07) is 13.8. The Kier molecular flexibility index (Phi) is 6.50. The maximum absolute atomic E-state index is 13.8. The standard InChI is InChI=1S/C25H18Cl2FNO5/c1-33-16-8-10-20(34-2)17(12-16)23(30)21-22(13-3-5-14(26)6-4-13)29(25(32)24(21)31)15-7-9-19(28)18(27)11-15/h3-12,22,30H,1-2H3/b23-21+. The minimum Gasteiger partial charge on any atom is -0.507 e. The zero-order valence-corrected chi connectivity index (χ0v) is 19.5. The zero-order valence-electron chi connectivity index (χ0n) is 18.0. The molecule has 174 valence electrons. The fraction of sp³-hybridized carbons (Fsp3) is 0.120. The number of rotatable bonds is 5. The molecule has 1 saturated heterocycles. The summed E-state index contributed by atoms with van der Waals surface area (Å²) >= 11 is 12.0. The fourth-order valence-electron chi connectivity index (χ4n) is 3.84. The van der Waals surface area contributed by atoms with Gasteiger partial charge in [0.25, 0.3) is 11.7 Å². The normalized spacial score (nSPS) is 17.2. The van der Waals surface area contributed by atoms with E-state index in [0.717, 1.165) is 11.0 Å². The molecule has 3 aromatic rings. The number of nitrogens with zero attached hydrogens (tertiary/aromatic N) is 1. The molecule has 34 heavy (non-hydrogen) atoms. The van der Waals surface area contributed by atoms with E-state index in [0.29, 0.717) is 16.3 Å². The maximum atomic E-state index is 13.8. The predicted molar refractivity (Wildman–Crippen MR) is 127 cm³/mol. The van der Waals surface area contributed by atoms with Gasteiger partial charge in [0, 0.05) is 10.7 Å². The van der Waals surface area contributed by atoms with Crippen LogP contribution >= 0.6 is 23.2 Å². The lowest BCUT2D eigenvalue weighted by atomic mass is 9.94. The summed E-state index contributed by atoms with van der Waals surface area (Å²) < 4.78 is 24.4. The number of amides is 1. The number of aliphatic hydroxyl groups is 1. The molecule has 4 rings (SSSR count). The summed E-state index contributed by atoms with van der Waals surface area (Å²) in [4.78, 5) is 27.6. The van der Waals surface area contributed by atoms with Crippen molar-refractivity contribution in [1.82, 2.24) is 0 Å². The number of methoxy groups -OCH3 is 2. The third-order valence-electron chi connectivity index (χ3n) is 5.47. The minimum absolute atomic E-state index is 0.163. The Morgan fingerprint density at radius 1 is 0.971 bits per heavy atom. The van der Waals surface area contributed by atoms with E-state index in [-0.39, 0.29) is 27.6 Å². The first-order valence-corrected chi connectivity index (χ1v) is 10.8.